The third kappa shape index (κ3) is 3.16. The number of benzene rings is 1. The minimum absolute atomic E-state index is 0.0116. The smallest absolute Gasteiger partial charge is 0.418 e. The first-order chi connectivity index (χ1) is 10.4. The molecule has 0 aliphatic carbocycles. The highest BCUT2D eigenvalue weighted by atomic mass is 16.6. The summed E-state index contributed by atoms with van der Waals surface area (Å²) >= 11 is 0. The van der Waals surface area contributed by atoms with Crippen LogP contribution in [-0.2, 0) is 4.74 Å². The third-order valence-corrected chi connectivity index (χ3v) is 2.90. The zero-order valence-electron chi connectivity index (χ0n) is 12.6. The quantitative estimate of drug-likeness (QED) is 0.748. The molecule has 0 unspecified atom stereocenters. The monoisotopic (exact) mass is 293 g/mol. The van der Waals surface area contributed by atoms with E-state index in [0.29, 0.717) is 11.1 Å². The fourth-order valence-electron chi connectivity index (χ4n) is 2.03. The Labute approximate surface area is 128 Å². The molecule has 110 valence electrons. The number of allylic oxidation sites excluding steroid dienone is 1. The van der Waals surface area contributed by atoms with E-state index in [1.807, 2.05) is 12.1 Å². The number of rotatable bonds is 1. The number of hydrogen-bond donors (Lipinski definition) is 0. The molecule has 0 aliphatic rings. The van der Waals surface area contributed by atoms with E-state index in [1.165, 1.54) is 10.6 Å². The van der Waals surface area contributed by atoms with Crippen LogP contribution in [0.2, 0.25) is 0 Å². The molecule has 1 aromatic carbocycles. The Morgan fingerprint density at radius 3 is 2.50 bits per heavy atom. The van der Waals surface area contributed by atoms with E-state index >= 15 is 0 Å². The summed E-state index contributed by atoms with van der Waals surface area (Å²) < 4.78 is 6.77. The molecule has 2 rings (SSSR count). The molecular formula is C17H15N3O2. The minimum Gasteiger partial charge on any atom is -0.443 e. The van der Waals surface area contributed by atoms with Gasteiger partial charge >= 0.3 is 6.09 Å². The Kier molecular flexibility index (Phi) is 4.01. The Balaban J connectivity index is 2.52. The van der Waals surface area contributed by atoms with E-state index in [1.54, 1.807) is 51.2 Å². The van der Waals surface area contributed by atoms with Crippen molar-refractivity contribution in [1.29, 1.82) is 10.5 Å². The number of nitrogens with zero attached hydrogens (tertiary/aromatic N) is 3. The van der Waals surface area contributed by atoms with Crippen molar-refractivity contribution in [2.75, 3.05) is 0 Å². The van der Waals surface area contributed by atoms with Crippen molar-refractivity contribution in [1.82, 2.24) is 4.57 Å². The van der Waals surface area contributed by atoms with E-state index in [0.717, 1.165) is 5.39 Å². The first kappa shape index (κ1) is 15.3. The molecule has 1 heterocycles. The minimum atomic E-state index is -0.583. The van der Waals surface area contributed by atoms with Crippen molar-refractivity contribution >= 4 is 23.1 Å². The predicted octanol–water partition coefficient (Wildman–Crippen LogP) is 3.86. The molecule has 0 saturated heterocycles. The number of carbonyl (C=O) groups excluding carboxylic acids is 1. The number of ether oxygens (including phenoxy) is 1. The van der Waals surface area contributed by atoms with Gasteiger partial charge in [0.15, 0.2) is 0 Å². The van der Waals surface area contributed by atoms with Gasteiger partial charge in [0.05, 0.1) is 5.52 Å². The van der Waals surface area contributed by atoms with Gasteiger partial charge in [-0.1, -0.05) is 12.1 Å². The van der Waals surface area contributed by atoms with E-state index in [-0.39, 0.29) is 5.57 Å². The normalized spacial score (nSPS) is 10.6. The first-order valence-electron chi connectivity index (χ1n) is 6.71. The van der Waals surface area contributed by atoms with Crippen LogP contribution >= 0.6 is 0 Å². The summed E-state index contributed by atoms with van der Waals surface area (Å²) in [7, 11) is 0. The van der Waals surface area contributed by atoms with Gasteiger partial charge in [-0.2, -0.15) is 10.5 Å². The molecule has 5 heteroatoms. The maximum absolute atomic E-state index is 12.2. The zero-order chi connectivity index (χ0) is 16.3. The van der Waals surface area contributed by atoms with E-state index < -0.39 is 11.7 Å². The van der Waals surface area contributed by atoms with Gasteiger partial charge in [0, 0.05) is 11.6 Å². The summed E-state index contributed by atoms with van der Waals surface area (Å²) in [5.41, 5.74) is 0.800. The summed E-state index contributed by atoms with van der Waals surface area (Å²) in [6, 6.07) is 10.8. The van der Waals surface area contributed by atoms with E-state index in [4.69, 9.17) is 15.3 Å². The maximum atomic E-state index is 12.2. The third-order valence-electron chi connectivity index (χ3n) is 2.90. The summed E-state index contributed by atoms with van der Waals surface area (Å²) in [4.78, 5) is 12.2. The molecule has 0 atom stereocenters. The molecule has 2 aromatic rings. The van der Waals surface area contributed by atoms with Crippen molar-refractivity contribution < 1.29 is 9.53 Å². The van der Waals surface area contributed by atoms with Gasteiger partial charge in [0.25, 0.3) is 0 Å². The number of aromatic nitrogens is 1. The fraction of sp³-hybridized carbons (Fsp3) is 0.235. The SMILES string of the molecule is CC(C)(C)OC(=O)n1ccc2c(C=C(C#N)C#N)cccc21. The zero-order valence-corrected chi connectivity index (χ0v) is 12.6. The highest BCUT2D eigenvalue weighted by Crippen LogP contribution is 2.23. The lowest BCUT2D eigenvalue weighted by Crippen LogP contribution is -2.26. The van der Waals surface area contributed by atoms with Crippen LogP contribution < -0.4 is 0 Å². The molecule has 22 heavy (non-hydrogen) atoms. The first-order valence-corrected chi connectivity index (χ1v) is 6.71. The van der Waals surface area contributed by atoms with Crippen molar-refractivity contribution in [3.05, 3.63) is 41.6 Å². The summed E-state index contributed by atoms with van der Waals surface area (Å²) in [6.45, 7) is 5.41. The molecule has 5 nitrogen and oxygen atoms in total. The topological polar surface area (TPSA) is 78.8 Å². The van der Waals surface area contributed by atoms with Gasteiger partial charge in [-0.3, -0.25) is 4.57 Å². The molecule has 0 saturated carbocycles. The molecule has 0 fully saturated rings. The summed E-state index contributed by atoms with van der Waals surface area (Å²) in [5.74, 6) is 0. The molecule has 0 spiro atoms. The molecular weight excluding hydrogens is 278 g/mol. The van der Waals surface area contributed by atoms with Crippen LogP contribution in [0.1, 0.15) is 26.3 Å². The number of carbonyl (C=O) groups is 1. The standard InChI is InChI=1S/C17H15N3O2/c1-17(2,3)22-16(21)20-8-7-14-13(5-4-6-15(14)20)9-12(10-18)11-19/h4-9H,1-3H3. The summed E-state index contributed by atoms with van der Waals surface area (Å²) in [6.07, 6.45) is 2.65. The number of hydrogen-bond acceptors (Lipinski definition) is 4. The Morgan fingerprint density at radius 1 is 1.23 bits per heavy atom. The van der Waals surface area contributed by atoms with E-state index in [2.05, 4.69) is 0 Å². The van der Waals surface area contributed by atoms with Crippen LogP contribution in [0.4, 0.5) is 4.79 Å². The van der Waals surface area contributed by atoms with Gasteiger partial charge < -0.3 is 4.74 Å². The van der Waals surface area contributed by atoms with E-state index in [9.17, 15) is 4.79 Å². The van der Waals surface area contributed by atoms with Crippen LogP contribution in [0.5, 0.6) is 0 Å². The Morgan fingerprint density at radius 2 is 1.91 bits per heavy atom. The lowest BCUT2D eigenvalue weighted by atomic mass is 10.1. The molecule has 0 amide bonds. The molecule has 0 radical (unpaired) electrons. The predicted molar refractivity (Wildman–Crippen MR) is 82.8 cm³/mol. The second kappa shape index (κ2) is 5.75. The molecule has 0 N–H and O–H groups in total. The number of nitriles is 2. The fourth-order valence-corrected chi connectivity index (χ4v) is 2.03. The largest absolute Gasteiger partial charge is 0.443 e. The average Bonchev–Trinajstić information content (AvgIpc) is 2.87. The van der Waals surface area contributed by atoms with Crippen LogP contribution in [0.15, 0.2) is 36.0 Å². The maximum Gasteiger partial charge on any atom is 0.418 e. The lowest BCUT2D eigenvalue weighted by molar-refractivity contribution is 0.0544. The van der Waals surface area contributed by atoms with Crippen molar-refractivity contribution in [2.45, 2.75) is 26.4 Å². The second-order valence-electron chi connectivity index (χ2n) is 5.73. The van der Waals surface area contributed by atoms with Gasteiger partial charge in [-0.15, -0.1) is 0 Å². The van der Waals surface area contributed by atoms with Gasteiger partial charge in [0.2, 0.25) is 0 Å². The van der Waals surface area contributed by atoms with Crippen LogP contribution in [-0.4, -0.2) is 16.3 Å². The number of fused-ring (bicyclic) bond motifs is 1. The molecule has 1 aromatic heterocycles. The van der Waals surface area contributed by atoms with Gasteiger partial charge in [-0.25, -0.2) is 4.79 Å². The molecule has 0 bridgehead atoms. The van der Waals surface area contributed by atoms with Gasteiger partial charge in [0.1, 0.15) is 23.3 Å². The van der Waals surface area contributed by atoms with Crippen molar-refractivity contribution in [2.24, 2.45) is 0 Å². The summed E-state index contributed by atoms with van der Waals surface area (Å²) in [5, 5.41) is 18.5. The van der Waals surface area contributed by atoms with Crippen LogP contribution in [0.25, 0.3) is 17.0 Å². The average molecular weight is 293 g/mol. The van der Waals surface area contributed by atoms with Crippen LogP contribution in [0.3, 0.4) is 0 Å². The van der Waals surface area contributed by atoms with Gasteiger partial charge in [-0.05, 0) is 44.5 Å². The molecule has 0 aliphatic heterocycles. The second-order valence-corrected chi connectivity index (χ2v) is 5.73. The van der Waals surface area contributed by atoms with Crippen LogP contribution in [0, 0.1) is 22.7 Å². The highest BCUT2D eigenvalue weighted by molar-refractivity contribution is 5.95. The van der Waals surface area contributed by atoms with Crippen molar-refractivity contribution in [3.63, 3.8) is 0 Å². The Hall–Kier alpha value is -3.05. The lowest BCUT2D eigenvalue weighted by Gasteiger charge is -2.19. The van der Waals surface area contributed by atoms with Crippen molar-refractivity contribution in [3.8, 4) is 12.1 Å². The Bertz CT molecular complexity index is 823. The highest BCUT2D eigenvalue weighted by Gasteiger charge is 2.19.